The zero-order valence-electron chi connectivity index (χ0n) is 19.9. The lowest BCUT2D eigenvalue weighted by Crippen LogP contribution is -2.50. The number of methoxy groups -OCH3 is 1. The number of piperazine rings is 1. The van der Waals surface area contributed by atoms with Crippen LogP contribution in [0.15, 0.2) is 58.1 Å². The number of nitrogens with zero attached hydrogens (tertiary/aromatic N) is 4. The predicted octanol–water partition coefficient (Wildman–Crippen LogP) is 1.50. The van der Waals surface area contributed by atoms with Gasteiger partial charge in [0.2, 0.25) is 0 Å². The van der Waals surface area contributed by atoms with Crippen LogP contribution in [0.25, 0.3) is 0 Å². The summed E-state index contributed by atoms with van der Waals surface area (Å²) < 4.78 is 20.5. The lowest BCUT2D eigenvalue weighted by atomic mass is 9.96. The van der Waals surface area contributed by atoms with Crippen LogP contribution in [-0.2, 0) is 18.8 Å². The summed E-state index contributed by atoms with van der Waals surface area (Å²) in [5.74, 6) is -0.650. The third-order valence-corrected chi connectivity index (χ3v) is 6.54. The Kier molecular flexibility index (Phi) is 6.74. The summed E-state index contributed by atoms with van der Waals surface area (Å²) in [5.41, 5.74) is 7.73. The minimum Gasteiger partial charge on any atom is -0.465 e. The summed E-state index contributed by atoms with van der Waals surface area (Å²) >= 11 is 0. The molecule has 9 nitrogen and oxygen atoms in total. The average molecular weight is 482 g/mol. The van der Waals surface area contributed by atoms with Gasteiger partial charge in [-0.15, -0.1) is 0 Å². The van der Waals surface area contributed by atoms with Crippen molar-refractivity contribution < 1.29 is 13.9 Å². The zero-order valence-corrected chi connectivity index (χ0v) is 19.9. The number of anilines is 2. The van der Waals surface area contributed by atoms with Gasteiger partial charge in [0.25, 0.3) is 5.56 Å². The van der Waals surface area contributed by atoms with E-state index >= 15 is 0 Å². The van der Waals surface area contributed by atoms with E-state index in [1.807, 2.05) is 0 Å². The van der Waals surface area contributed by atoms with E-state index in [4.69, 9.17) is 10.5 Å². The van der Waals surface area contributed by atoms with Crippen molar-refractivity contribution in [2.75, 3.05) is 43.9 Å². The molecule has 0 spiro atoms. The van der Waals surface area contributed by atoms with Crippen molar-refractivity contribution >= 4 is 17.5 Å². The van der Waals surface area contributed by atoms with Gasteiger partial charge < -0.3 is 15.4 Å². The number of hydrogen-bond donors (Lipinski definition) is 1. The van der Waals surface area contributed by atoms with E-state index in [2.05, 4.69) is 9.80 Å². The summed E-state index contributed by atoms with van der Waals surface area (Å²) in [4.78, 5) is 41.9. The molecule has 2 N–H and O–H groups in total. The topological polar surface area (TPSA) is 103 Å². The van der Waals surface area contributed by atoms with Crippen LogP contribution in [0.5, 0.6) is 0 Å². The summed E-state index contributed by atoms with van der Waals surface area (Å²) in [6.07, 6.45) is 0. The molecule has 10 heteroatoms. The maximum Gasteiger partial charge on any atom is 0.337 e. The fourth-order valence-electron chi connectivity index (χ4n) is 4.51. The molecule has 0 bridgehead atoms. The summed E-state index contributed by atoms with van der Waals surface area (Å²) in [6.45, 7) is 2.47. The Morgan fingerprint density at radius 1 is 0.943 bits per heavy atom. The molecule has 1 fully saturated rings. The number of aromatic nitrogens is 2. The van der Waals surface area contributed by atoms with Crippen LogP contribution < -0.4 is 21.9 Å². The molecule has 35 heavy (non-hydrogen) atoms. The van der Waals surface area contributed by atoms with Crippen LogP contribution in [0.3, 0.4) is 0 Å². The number of hydrogen-bond acceptors (Lipinski definition) is 7. The van der Waals surface area contributed by atoms with Crippen molar-refractivity contribution in [2.45, 2.75) is 6.04 Å². The maximum atomic E-state index is 13.3. The first-order chi connectivity index (χ1) is 16.7. The van der Waals surface area contributed by atoms with Gasteiger partial charge in [-0.2, -0.15) is 0 Å². The van der Waals surface area contributed by atoms with Crippen LogP contribution >= 0.6 is 0 Å². The van der Waals surface area contributed by atoms with Gasteiger partial charge >= 0.3 is 11.7 Å². The van der Waals surface area contributed by atoms with E-state index in [-0.39, 0.29) is 11.6 Å². The lowest BCUT2D eigenvalue weighted by Gasteiger charge is -2.40. The molecular weight excluding hydrogens is 453 g/mol. The predicted molar refractivity (Wildman–Crippen MR) is 131 cm³/mol. The highest BCUT2D eigenvalue weighted by Gasteiger charge is 2.32. The van der Waals surface area contributed by atoms with Crippen molar-refractivity contribution in [1.82, 2.24) is 14.0 Å². The Morgan fingerprint density at radius 3 is 2.11 bits per heavy atom. The molecule has 0 radical (unpaired) electrons. The normalized spacial score (nSPS) is 15.1. The highest BCUT2D eigenvalue weighted by molar-refractivity contribution is 5.89. The largest absolute Gasteiger partial charge is 0.465 e. The first-order valence-corrected chi connectivity index (χ1v) is 11.2. The second-order valence-corrected chi connectivity index (χ2v) is 8.52. The first kappa shape index (κ1) is 24.2. The van der Waals surface area contributed by atoms with Crippen molar-refractivity contribution in [3.63, 3.8) is 0 Å². The lowest BCUT2D eigenvalue weighted by molar-refractivity contribution is 0.0600. The molecular formula is C25H28FN5O4. The highest BCUT2D eigenvalue weighted by Crippen LogP contribution is 2.31. The number of nitrogens with two attached hydrogens (primary N) is 1. The van der Waals surface area contributed by atoms with Gasteiger partial charge in [-0.25, -0.2) is 14.0 Å². The van der Waals surface area contributed by atoms with E-state index in [1.165, 1.54) is 37.9 Å². The molecule has 2 aromatic carbocycles. The fraction of sp³-hybridized carbons (Fsp3) is 0.320. The minimum atomic E-state index is -0.539. The molecule has 184 valence electrons. The van der Waals surface area contributed by atoms with Gasteiger partial charge in [0, 0.05) is 46.0 Å². The van der Waals surface area contributed by atoms with E-state index in [1.54, 1.807) is 36.4 Å². The van der Waals surface area contributed by atoms with Crippen LogP contribution in [0.1, 0.15) is 27.5 Å². The van der Waals surface area contributed by atoms with Gasteiger partial charge in [-0.05, 0) is 42.0 Å². The monoisotopic (exact) mass is 481 g/mol. The second kappa shape index (κ2) is 9.75. The van der Waals surface area contributed by atoms with E-state index in [0.717, 1.165) is 15.8 Å². The molecule has 3 aromatic rings. The van der Waals surface area contributed by atoms with E-state index in [0.29, 0.717) is 37.3 Å². The van der Waals surface area contributed by atoms with E-state index < -0.39 is 23.3 Å². The van der Waals surface area contributed by atoms with Crippen LogP contribution in [0.2, 0.25) is 0 Å². The van der Waals surface area contributed by atoms with Gasteiger partial charge in [0.05, 0.1) is 24.3 Å². The molecule has 1 saturated heterocycles. The van der Waals surface area contributed by atoms with Gasteiger partial charge in [0.15, 0.2) is 0 Å². The van der Waals surface area contributed by atoms with Crippen LogP contribution in [-0.4, -0.2) is 53.3 Å². The van der Waals surface area contributed by atoms with Crippen LogP contribution in [0.4, 0.5) is 15.9 Å². The number of benzene rings is 2. The molecule has 2 heterocycles. The minimum absolute atomic E-state index is 0.0982. The van der Waals surface area contributed by atoms with Gasteiger partial charge in [-0.3, -0.25) is 18.8 Å². The molecule has 0 amide bonds. The molecule has 0 aliphatic carbocycles. The van der Waals surface area contributed by atoms with Gasteiger partial charge in [0.1, 0.15) is 11.6 Å². The Bertz CT molecular complexity index is 1340. The highest BCUT2D eigenvalue weighted by atomic mass is 19.1. The number of carbonyl (C=O) groups excluding carboxylic acids is 1. The van der Waals surface area contributed by atoms with Crippen LogP contribution in [0, 0.1) is 5.82 Å². The molecule has 1 aliphatic heterocycles. The number of ether oxygens (including phenoxy) is 1. The molecule has 0 unspecified atom stereocenters. The zero-order chi connectivity index (χ0) is 25.3. The molecule has 1 aliphatic rings. The van der Waals surface area contributed by atoms with E-state index in [9.17, 15) is 18.8 Å². The molecule has 0 saturated carbocycles. The summed E-state index contributed by atoms with van der Waals surface area (Å²) in [6, 6.07) is 12.6. The second-order valence-electron chi connectivity index (χ2n) is 8.52. The number of rotatable bonds is 5. The quantitative estimate of drug-likeness (QED) is 0.551. The van der Waals surface area contributed by atoms with Crippen molar-refractivity contribution in [3.05, 3.63) is 91.9 Å². The SMILES string of the molecule is COC(=O)c1ccc([C@@H](c2c(N)n(C)c(=O)n(C)c2=O)N2CCN(c3ccc(F)cc3)CC2)cc1. The van der Waals surface area contributed by atoms with Crippen molar-refractivity contribution in [2.24, 2.45) is 14.1 Å². The summed E-state index contributed by atoms with van der Waals surface area (Å²) in [7, 11) is 4.27. The fourth-order valence-corrected chi connectivity index (χ4v) is 4.51. The third kappa shape index (κ3) is 4.57. The molecule has 1 atom stereocenters. The summed E-state index contributed by atoms with van der Waals surface area (Å²) in [5, 5.41) is 0. The number of carbonyl (C=O) groups is 1. The number of nitrogen functional groups attached to an aromatic ring is 1. The Balaban J connectivity index is 1.74. The van der Waals surface area contributed by atoms with Crippen molar-refractivity contribution in [3.8, 4) is 0 Å². The maximum absolute atomic E-state index is 13.3. The van der Waals surface area contributed by atoms with Crippen molar-refractivity contribution in [1.29, 1.82) is 0 Å². The Morgan fingerprint density at radius 2 is 1.54 bits per heavy atom. The Hall–Kier alpha value is -3.92. The van der Waals surface area contributed by atoms with Gasteiger partial charge in [-0.1, -0.05) is 12.1 Å². The number of esters is 1. The standard InChI is InChI=1S/C25H28FN5O4/c1-28-22(27)20(23(32)29(2)25(28)34)21(16-4-6-17(7-5-16)24(33)35-3)31-14-12-30(13-15-31)19-10-8-18(26)9-11-19/h4-11,21H,12-15,27H2,1-3H3/t21-/m0/s1. The smallest absolute Gasteiger partial charge is 0.337 e. The molecule has 4 rings (SSSR count). The Labute approximate surface area is 201 Å². The molecule has 1 aromatic heterocycles. The average Bonchev–Trinajstić information content (AvgIpc) is 2.89. The number of halogens is 1. The first-order valence-electron chi connectivity index (χ1n) is 11.2. The third-order valence-electron chi connectivity index (χ3n) is 6.54.